The number of unbranched alkanes of at least 4 members (excludes halogenated alkanes) is 25. The Morgan fingerprint density at radius 2 is 0.549 bits per heavy atom. The van der Waals surface area contributed by atoms with Crippen LogP contribution in [0, 0.1) is 0 Å². The van der Waals surface area contributed by atoms with Gasteiger partial charge in [-0.05, 0) is 128 Å². The van der Waals surface area contributed by atoms with E-state index in [1.807, 2.05) is 18.2 Å². The van der Waals surface area contributed by atoms with E-state index in [4.69, 9.17) is 37.0 Å². The first-order valence-electron chi connectivity index (χ1n) is 39.4. The molecule has 19 heteroatoms. The van der Waals surface area contributed by atoms with Crippen LogP contribution in [-0.2, 0) is 65.4 Å². The summed E-state index contributed by atoms with van der Waals surface area (Å²) in [5, 5.41) is 10.6. The average molecular weight is 1470 g/mol. The lowest BCUT2D eigenvalue weighted by molar-refractivity contribution is -0.161. The predicted octanol–water partition coefficient (Wildman–Crippen LogP) is 22.9. The summed E-state index contributed by atoms with van der Waals surface area (Å²) in [4.78, 5) is 72.9. The highest BCUT2D eigenvalue weighted by atomic mass is 31.2. The van der Waals surface area contributed by atoms with Crippen LogP contribution in [0.1, 0.15) is 310 Å². The monoisotopic (exact) mass is 1470 g/mol. The molecule has 0 aliphatic rings. The minimum absolute atomic E-state index is 0.0349. The van der Waals surface area contributed by atoms with Crippen molar-refractivity contribution in [2.75, 3.05) is 39.6 Å². The lowest BCUT2D eigenvalue weighted by atomic mass is 10.1. The maximum Gasteiger partial charge on any atom is 0.472 e. The Morgan fingerprint density at radius 1 is 0.284 bits per heavy atom. The molecule has 0 amide bonds. The lowest BCUT2D eigenvalue weighted by Crippen LogP contribution is -2.30. The molecule has 0 radical (unpaired) electrons. The molecule has 5 unspecified atom stereocenters. The molecular formula is C83H140O17P2. The summed E-state index contributed by atoms with van der Waals surface area (Å²) in [5.41, 5.74) is 0. The molecule has 0 aromatic carbocycles. The summed E-state index contributed by atoms with van der Waals surface area (Å²) in [6.07, 6.45) is 83.1. The number of phosphoric acid groups is 2. The zero-order valence-corrected chi connectivity index (χ0v) is 65.5. The van der Waals surface area contributed by atoms with Crippen LogP contribution in [0.3, 0.4) is 0 Å². The second kappa shape index (κ2) is 74.5. The van der Waals surface area contributed by atoms with Gasteiger partial charge in [-0.25, -0.2) is 9.13 Å². The molecule has 17 nitrogen and oxygen atoms in total. The maximum atomic E-state index is 13.1. The molecule has 3 N–H and O–H groups in total. The first-order valence-corrected chi connectivity index (χ1v) is 42.4. The van der Waals surface area contributed by atoms with Gasteiger partial charge in [-0.15, -0.1) is 0 Å². The molecule has 102 heavy (non-hydrogen) atoms. The van der Waals surface area contributed by atoms with Gasteiger partial charge in [-0.2, -0.15) is 0 Å². The summed E-state index contributed by atoms with van der Waals surface area (Å²) >= 11 is 0. The second-order valence-electron chi connectivity index (χ2n) is 25.9. The van der Waals surface area contributed by atoms with Crippen LogP contribution >= 0.6 is 15.6 Å². The number of carbonyl (C=O) groups excluding carboxylic acids is 4. The number of carbonyl (C=O) groups is 4. The third kappa shape index (κ3) is 73.5. The van der Waals surface area contributed by atoms with Crippen LogP contribution in [0.4, 0.5) is 0 Å². The average Bonchev–Trinajstić information content (AvgIpc) is 0.928. The van der Waals surface area contributed by atoms with Crippen molar-refractivity contribution < 1.29 is 80.2 Å². The van der Waals surface area contributed by atoms with Gasteiger partial charge in [-0.3, -0.25) is 37.3 Å². The highest BCUT2D eigenvalue weighted by Crippen LogP contribution is 2.45. The number of hydrogen-bond acceptors (Lipinski definition) is 15. The molecule has 0 spiro atoms. The highest BCUT2D eigenvalue weighted by Gasteiger charge is 2.30. The number of allylic oxidation sites excluding steroid dienone is 22. The van der Waals surface area contributed by atoms with Crippen molar-refractivity contribution in [1.29, 1.82) is 0 Å². The maximum absolute atomic E-state index is 13.1. The predicted molar refractivity (Wildman–Crippen MR) is 418 cm³/mol. The molecule has 584 valence electrons. The molecule has 0 fully saturated rings. The van der Waals surface area contributed by atoms with Crippen LogP contribution in [0.2, 0.25) is 0 Å². The number of hydrogen-bond donors (Lipinski definition) is 3. The summed E-state index contributed by atoms with van der Waals surface area (Å²) in [6, 6.07) is 0. The van der Waals surface area contributed by atoms with Gasteiger partial charge in [0.2, 0.25) is 0 Å². The molecule has 0 aromatic heterocycles. The van der Waals surface area contributed by atoms with Crippen molar-refractivity contribution in [3.63, 3.8) is 0 Å². The first-order chi connectivity index (χ1) is 49.7. The van der Waals surface area contributed by atoms with Gasteiger partial charge in [0, 0.05) is 25.7 Å². The summed E-state index contributed by atoms with van der Waals surface area (Å²) < 4.78 is 68.4. The Kier molecular flexibility index (Phi) is 71.0. The van der Waals surface area contributed by atoms with E-state index in [9.17, 15) is 43.2 Å². The Morgan fingerprint density at radius 3 is 0.902 bits per heavy atom. The van der Waals surface area contributed by atoms with E-state index in [0.29, 0.717) is 32.1 Å². The normalized spacial score (nSPS) is 14.6. The minimum atomic E-state index is -4.99. The molecule has 0 saturated heterocycles. The quantitative estimate of drug-likeness (QED) is 0.0169. The number of aliphatic hydroxyl groups excluding tert-OH is 1. The van der Waals surface area contributed by atoms with Crippen LogP contribution < -0.4 is 0 Å². The summed E-state index contributed by atoms with van der Waals surface area (Å²) in [5.74, 6) is -2.30. The van der Waals surface area contributed by atoms with Crippen molar-refractivity contribution in [2.24, 2.45) is 0 Å². The Balaban J connectivity index is 5.38. The van der Waals surface area contributed by atoms with Gasteiger partial charge in [-0.1, -0.05) is 290 Å². The van der Waals surface area contributed by atoms with E-state index < -0.39 is 97.5 Å². The fraction of sp³-hybridized carbons (Fsp3) is 0.687. The third-order valence-electron chi connectivity index (χ3n) is 16.1. The van der Waals surface area contributed by atoms with Crippen molar-refractivity contribution in [3.05, 3.63) is 134 Å². The van der Waals surface area contributed by atoms with E-state index in [-0.39, 0.29) is 25.7 Å². The Bertz CT molecular complexity index is 2460. The van der Waals surface area contributed by atoms with Crippen LogP contribution in [0.15, 0.2) is 134 Å². The molecule has 0 aromatic rings. The van der Waals surface area contributed by atoms with Crippen molar-refractivity contribution in [3.8, 4) is 0 Å². The molecule has 0 heterocycles. The van der Waals surface area contributed by atoms with Crippen molar-refractivity contribution >= 4 is 39.5 Å². The number of ether oxygens (including phenoxy) is 4. The largest absolute Gasteiger partial charge is 0.472 e. The summed E-state index contributed by atoms with van der Waals surface area (Å²) in [6.45, 7) is 4.55. The van der Waals surface area contributed by atoms with Crippen molar-refractivity contribution in [1.82, 2.24) is 0 Å². The van der Waals surface area contributed by atoms with Crippen molar-refractivity contribution in [2.45, 2.75) is 329 Å². The van der Waals surface area contributed by atoms with E-state index in [1.165, 1.54) is 57.8 Å². The van der Waals surface area contributed by atoms with Crippen LogP contribution in [0.25, 0.3) is 0 Å². The van der Waals surface area contributed by atoms with Gasteiger partial charge in [0.25, 0.3) is 0 Å². The van der Waals surface area contributed by atoms with E-state index in [0.717, 1.165) is 167 Å². The van der Waals surface area contributed by atoms with Gasteiger partial charge in [0.05, 0.1) is 26.4 Å². The molecule has 0 aliphatic heterocycles. The molecule has 0 bridgehead atoms. The van der Waals surface area contributed by atoms with Gasteiger partial charge in [0.1, 0.15) is 19.3 Å². The highest BCUT2D eigenvalue weighted by molar-refractivity contribution is 7.47. The van der Waals surface area contributed by atoms with E-state index in [2.05, 4.69) is 143 Å². The molecular weight excluding hydrogens is 1330 g/mol. The minimum Gasteiger partial charge on any atom is -0.462 e. The summed E-state index contributed by atoms with van der Waals surface area (Å²) in [7, 11) is -9.98. The first kappa shape index (κ1) is 97.2. The fourth-order valence-corrected chi connectivity index (χ4v) is 11.7. The zero-order chi connectivity index (χ0) is 74.6. The second-order valence-corrected chi connectivity index (χ2v) is 28.8. The number of esters is 4. The van der Waals surface area contributed by atoms with Gasteiger partial charge < -0.3 is 33.8 Å². The molecule has 0 rings (SSSR count). The molecule has 5 atom stereocenters. The molecule has 0 saturated carbocycles. The number of rotatable bonds is 73. The van der Waals surface area contributed by atoms with Crippen LogP contribution in [-0.4, -0.2) is 96.7 Å². The lowest BCUT2D eigenvalue weighted by Gasteiger charge is -2.21. The topological polar surface area (TPSA) is 237 Å². The third-order valence-corrected chi connectivity index (χ3v) is 18.0. The fourth-order valence-electron chi connectivity index (χ4n) is 10.1. The number of aliphatic hydroxyl groups is 1. The van der Waals surface area contributed by atoms with E-state index >= 15 is 0 Å². The van der Waals surface area contributed by atoms with E-state index in [1.54, 1.807) is 0 Å². The number of phosphoric ester groups is 2. The van der Waals surface area contributed by atoms with Gasteiger partial charge in [0.15, 0.2) is 12.2 Å². The Labute approximate surface area is 618 Å². The standard InChI is InChI=1S/C83H140O17P2/c1-5-9-13-17-21-25-29-32-34-36-38-40-42-45-48-51-55-59-63-67-80(85)93-73-78(99-82(87)69-65-61-57-53-47-28-24-20-16-12-8-4)75-97-101(89,90)95-71-77(84)72-96-102(91,92)98-76-79(100-83(88)70-66-62-58-54-50-44-31-27-23-19-15-11-7-3)74-94-81(86)68-64-60-56-52-49-46-43-41-39-37-35-33-30-26-22-18-14-10-6-2/h9,13,15,19,21-22,25-27,31-35,38-41,45,48,55,59,77-79,84H,5-8,10-12,14,16-18,20,23-24,28-30,36-37,42-44,46-47,49-54,56-58,60-76H2,1-4H3,(H,89,90)(H,91,92)/b13-9-,19-15-,25-21-,26-22-,31-27-,34-32-,35-33-,40-38-,41-39-,48-45-,59-55-. The van der Waals surface area contributed by atoms with Crippen LogP contribution in [0.5, 0.6) is 0 Å². The molecule has 0 aliphatic carbocycles. The van der Waals surface area contributed by atoms with Gasteiger partial charge >= 0.3 is 39.5 Å². The zero-order valence-electron chi connectivity index (χ0n) is 63.7. The smallest absolute Gasteiger partial charge is 0.462 e. The SMILES string of the molecule is CC/C=C\C/C=C\C/C=C\C/C=C\C/C=C\C/C=C\CCC(=O)OCC(COP(=O)(O)OCC(O)COP(=O)(O)OCC(COC(=O)CCCCCCCC/C=C\C/C=C\C/C=C\CCCCC)OC(=O)CCCCCCC/C=C\C/C=C\CCC)OC(=O)CCCCCCCCCCCCC. The Hall–Kier alpha value is -4.80.